The molecule has 3 fully saturated rings. The normalized spacial score (nSPS) is 32.4. The Morgan fingerprint density at radius 2 is 2.25 bits per heavy atom. The Morgan fingerprint density at radius 1 is 1.38 bits per heavy atom. The number of nitrogens with one attached hydrogen (secondary N) is 1. The Labute approximate surface area is 97.0 Å². The van der Waals surface area contributed by atoms with Gasteiger partial charge < -0.3 is 10.2 Å². The van der Waals surface area contributed by atoms with E-state index in [1.54, 1.807) is 6.92 Å². The molecule has 1 amide bonds. The number of nitrogens with zero attached hydrogens (tertiary/aromatic N) is 2. The first-order valence-corrected chi connectivity index (χ1v) is 5.96. The highest BCUT2D eigenvalue weighted by Gasteiger charge is 2.29. The Hall–Kier alpha value is -1.05. The van der Waals surface area contributed by atoms with Crippen LogP contribution in [0.4, 0.5) is 0 Å². The Morgan fingerprint density at radius 3 is 3.06 bits per heavy atom. The van der Waals surface area contributed by atoms with Crippen molar-refractivity contribution >= 4 is 5.91 Å². The molecule has 0 saturated carbocycles. The van der Waals surface area contributed by atoms with Gasteiger partial charge >= 0.3 is 0 Å². The van der Waals surface area contributed by atoms with Gasteiger partial charge in [0.15, 0.2) is 0 Å². The maximum absolute atomic E-state index is 11.3. The van der Waals surface area contributed by atoms with Crippen molar-refractivity contribution in [1.29, 1.82) is 0 Å². The van der Waals surface area contributed by atoms with Gasteiger partial charge in [-0.2, -0.15) is 0 Å². The van der Waals surface area contributed by atoms with Crippen LogP contribution in [0.15, 0.2) is 0 Å². The van der Waals surface area contributed by atoms with Crippen LogP contribution in [-0.2, 0) is 4.79 Å². The molecular formula is C12H19N3O. The molecule has 3 atom stereocenters. The van der Waals surface area contributed by atoms with Crippen molar-refractivity contribution in [3.05, 3.63) is 0 Å². The van der Waals surface area contributed by atoms with E-state index in [1.165, 1.54) is 19.5 Å². The molecule has 88 valence electrons. The molecule has 3 aliphatic heterocycles. The summed E-state index contributed by atoms with van der Waals surface area (Å²) in [6, 6.07) is 0.471. The molecule has 16 heavy (non-hydrogen) atoms. The first kappa shape index (κ1) is 11.4. The third-order valence-electron chi connectivity index (χ3n) is 3.35. The zero-order valence-electron chi connectivity index (χ0n) is 9.83. The lowest BCUT2D eigenvalue weighted by molar-refractivity contribution is -0.116. The van der Waals surface area contributed by atoms with Crippen molar-refractivity contribution in [2.24, 2.45) is 0 Å². The first-order valence-electron chi connectivity index (χ1n) is 5.96. The highest BCUT2D eigenvalue weighted by molar-refractivity contribution is 5.93. The quantitative estimate of drug-likeness (QED) is 0.640. The first-order chi connectivity index (χ1) is 7.79. The summed E-state index contributed by atoms with van der Waals surface area (Å²) in [5.74, 6) is 4.97. The number of carbonyl (C=O) groups excluding carboxylic acids is 1. The zero-order chi connectivity index (χ0) is 11.4. The number of amides is 1. The minimum absolute atomic E-state index is 0.154. The number of piperazine rings is 1. The number of hydrogen-bond acceptors (Lipinski definition) is 3. The van der Waals surface area contributed by atoms with Gasteiger partial charge in [0.05, 0.1) is 0 Å². The lowest BCUT2D eigenvalue weighted by atomic mass is 10.2. The summed E-state index contributed by atoms with van der Waals surface area (Å²) in [4.78, 5) is 16.2. The number of fused-ring (bicyclic) bond motifs is 4. The van der Waals surface area contributed by atoms with Crippen LogP contribution in [0.2, 0.25) is 0 Å². The number of hydrogen-bond donors (Lipinski definition) is 1. The van der Waals surface area contributed by atoms with Crippen LogP contribution >= 0.6 is 0 Å². The lowest BCUT2D eigenvalue weighted by Crippen LogP contribution is -2.54. The van der Waals surface area contributed by atoms with Crippen LogP contribution in [0.25, 0.3) is 0 Å². The minimum Gasteiger partial charge on any atom is -0.344 e. The molecule has 4 nitrogen and oxygen atoms in total. The van der Waals surface area contributed by atoms with Gasteiger partial charge in [-0.15, -0.1) is 0 Å². The van der Waals surface area contributed by atoms with Gasteiger partial charge in [0.1, 0.15) is 0 Å². The van der Waals surface area contributed by atoms with Crippen molar-refractivity contribution in [2.45, 2.75) is 19.4 Å². The van der Waals surface area contributed by atoms with Crippen LogP contribution in [0, 0.1) is 11.8 Å². The third-order valence-corrected chi connectivity index (χ3v) is 3.35. The predicted octanol–water partition coefficient (Wildman–Crippen LogP) is -0.484. The Bertz CT molecular complexity index is 314. The van der Waals surface area contributed by atoms with Crippen LogP contribution in [0.3, 0.4) is 0 Å². The molecule has 0 spiro atoms. The number of carbonyl (C=O) groups is 1. The van der Waals surface area contributed by atoms with Crippen molar-refractivity contribution < 1.29 is 4.79 Å². The van der Waals surface area contributed by atoms with Crippen molar-refractivity contribution in [1.82, 2.24) is 15.1 Å². The molecule has 3 saturated heterocycles. The molecule has 4 heteroatoms. The zero-order valence-corrected chi connectivity index (χ0v) is 9.83. The molecule has 3 aliphatic rings. The second kappa shape index (κ2) is 5.33. The van der Waals surface area contributed by atoms with E-state index < -0.39 is 0 Å². The maximum atomic E-state index is 11.3. The predicted molar refractivity (Wildman–Crippen MR) is 62.9 cm³/mol. The summed E-state index contributed by atoms with van der Waals surface area (Å²) >= 11 is 0. The molecule has 0 aromatic carbocycles. The smallest absolute Gasteiger partial charge is 0.295 e. The number of rotatable bonds is 2. The summed E-state index contributed by atoms with van der Waals surface area (Å²) in [5, 5.41) is 2.89. The molecular weight excluding hydrogens is 202 g/mol. The van der Waals surface area contributed by atoms with E-state index in [0.717, 1.165) is 26.2 Å². The van der Waals surface area contributed by atoms with E-state index >= 15 is 0 Å². The topological polar surface area (TPSA) is 35.6 Å². The average molecular weight is 221 g/mol. The van der Waals surface area contributed by atoms with Gasteiger partial charge in [-0.1, -0.05) is 5.92 Å². The lowest BCUT2D eigenvalue weighted by Gasteiger charge is -2.37. The van der Waals surface area contributed by atoms with Gasteiger partial charge in [0.2, 0.25) is 0 Å². The van der Waals surface area contributed by atoms with Crippen LogP contribution in [-0.4, -0.2) is 61.0 Å². The fourth-order valence-corrected chi connectivity index (χ4v) is 2.51. The van der Waals surface area contributed by atoms with Crippen LogP contribution in [0.5, 0.6) is 0 Å². The fourth-order valence-electron chi connectivity index (χ4n) is 2.51. The van der Waals surface area contributed by atoms with Crippen LogP contribution < -0.4 is 5.32 Å². The van der Waals surface area contributed by atoms with E-state index in [-0.39, 0.29) is 5.91 Å². The third kappa shape index (κ3) is 2.75. The van der Waals surface area contributed by atoms with E-state index in [4.69, 9.17) is 0 Å². The van der Waals surface area contributed by atoms with Gasteiger partial charge in [-0.05, 0) is 32.4 Å². The molecule has 2 bridgehead atoms. The summed E-state index contributed by atoms with van der Waals surface area (Å²) in [6.07, 6.45) is 1.25. The summed E-state index contributed by atoms with van der Waals surface area (Å²) < 4.78 is 0. The van der Waals surface area contributed by atoms with Crippen molar-refractivity contribution in [2.75, 3.05) is 39.3 Å². The van der Waals surface area contributed by atoms with Gasteiger partial charge in [-0.3, -0.25) is 9.69 Å². The second-order valence-corrected chi connectivity index (χ2v) is 4.43. The van der Waals surface area contributed by atoms with E-state index in [9.17, 15) is 4.79 Å². The second-order valence-electron chi connectivity index (χ2n) is 4.43. The van der Waals surface area contributed by atoms with Crippen molar-refractivity contribution in [3.8, 4) is 11.8 Å². The molecule has 3 rings (SSSR count). The summed E-state index contributed by atoms with van der Waals surface area (Å²) in [7, 11) is 0. The Balaban J connectivity index is 1.84. The molecule has 0 radical (unpaired) electrons. The molecule has 0 aromatic rings. The molecule has 0 aliphatic carbocycles. The summed E-state index contributed by atoms with van der Waals surface area (Å²) in [5.41, 5.74) is 0. The molecule has 3 heterocycles. The summed E-state index contributed by atoms with van der Waals surface area (Å²) in [6.45, 7) is 8.18. The largest absolute Gasteiger partial charge is 0.344 e. The van der Waals surface area contributed by atoms with Crippen LogP contribution in [0.1, 0.15) is 13.3 Å². The fraction of sp³-hybridized carbons (Fsp3) is 0.750. The highest BCUT2D eigenvalue weighted by atomic mass is 16.1. The van der Waals surface area contributed by atoms with E-state index in [2.05, 4.69) is 27.0 Å². The van der Waals surface area contributed by atoms with E-state index in [0.29, 0.717) is 6.04 Å². The molecule has 0 aromatic heterocycles. The van der Waals surface area contributed by atoms with Gasteiger partial charge in [0, 0.05) is 32.2 Å². The van der Waals surface area contributed by atoms with Gasteiger partial charge in [0.25, 0.3) is 5.91 Å². The van der Waals surface area contributed by atoms with Crippen molar-refractivity contribution in [3.63, 3.8) is 0 Å². The average Bonchev–Trinajstić information content (AvgIpc) is 2.61. The maximum Gasteiger partial charge on any atom is 0.295 e. The SMILES string of the molecule is CC#CC(=O)NCC1CN2CCCN1CC2. The molecule has 1 N–H and O–H groups in total. The molecule has 3 unspecified atom stereocenters. The Kier molecular flexibility index (Phi) is 3.81. The standard InChI is InChI=1S/C12H19N3O/c1-2-4-12(16)13-9-11-10-14-5-3-6-15(11)8-7-14/h11H,3,5-10H2,1H3,(H,13,16). The van der Waals surface area contributed by atoms with Gasteiger partial charge in [-0.25, -0.2) is 0 Å². The highest BCUT2D eigenvalue weighted by Crippen LogP contribution is 2.14. The monoisotopic (exact) mass is 221 g/mol. The minimum atomic E-state index is -0.154. The van der Waals surface area contributed by atoms with E-state index in [1.807, 2.05) is 0 Å².